The molecule has 0 aliphatic carbocycles. The van der Waals surface area contributed by atoms with Gasteiger partial charge in [-0.3, -0.25) is 0 Å². The zero-order valence-electron chi connectivity index (χ0n) is 9.44. The van der Waals surface area contributed by atoms with Crippen molar-refractivity contribution in [3.63, 3.8) is 0 Å². The van der Waals surface area contributed by atoms with Crippen molar-refractivity contribution < 1.29 is 14.1 Å². The average molecular weight is 375 g/mol. The lowest BCUT2D eigenvalue weighted by Gasteiger charge is -1.98. The van der Waals surface area contributed by atoms with Gasteiger partial charge in [0.25, 0.3) is 0 Å². The first kappa shape index (κ1) is 13.3. The first-order valence-corrected chi connectivity index (χ1v) is 6.80. The molecule has 0 amide bonds. The van der Waals surface area contributed by atoms with Crippen molar-refractivity contribution in [2.75, 3.05) is 6.61 Å². The first-order chi connectivity index (χ1) is 8.63. The van der Waals surface area contributed by atoms with Crippen molar-refractivity contribution in [1.82, 2.24) is 5.16 Å². The summed E-state index contributed by atoms with van der Waals surface area (Å²) in [6.07, 6.45) is 0. The summed E-state index contributed by atoms with van der Waals surface area (Å²) in [4.78, 5) is 11.6. The van der Waals surface area contributed by atoms with Crippen LogP contribution in [0, 0.1) is 0 Å². The van der Waals surface area contributed by atoms with Crippen LogP contribution in [0.25, 0.3) is 11.3 Å². The van der Waals surface area contributed by atoms with E-state index in [2.05, 4.69) is 37.0 Å². The Hall–Kier alpha value is -1.14. The number of hydrogen-bond acceptors (Lipinski definition) is 4. The summed E-state index contributed by atoms with van der Waals surface area (Å²) in [5.41, 5.74) is 0.964. The van der Waals surface area contributed by atoms with Crippen LogP contribution in [0.1, 0.15) is 17.4 Å². The molecule has 94 valence electrons. The summed E-state index contributed by atoms with van der Waals surface area (Å²) in [7, 11) is 0. The van der Waals surface area contributed by atoms with Gasteiger partial charge in [0.05, 0.1) is 6.61 Å². The monoisotopic (exact) mass is 373 g/mol. The molecule has 0 radical (unpaired) electrons. The minimum atomic E-state index is -0.505. The number of rotatable bonds is 3. The fraction of sp³-hybridized carbons (Fsp3) is 0.167. The molecule has 0 atom stereocenters. The molecule has 1 heterocycles. The summed E-state index contributed by atoms with van der Waals surface area (Å²) in [5, 5.41) is 3.73. The average Bonchev–Trinajstić information content (AvgIpc) is 2.71. The molecule has 1 aromatic heterocycles. The molecule has 0 fully saturated rings. The molecular weight excluding hydrogens is 366 g/mol. The van der Waals surface area contributed by atoms with E-state index >= 15 is 0 Å². The minimum Gasteiger partial charge on any atom is -0.461 e. The quantitative estimate of drug-likeness (QED) is 0.760. The molecule has 2 rings (SSSR count). The van der Waals surface area contributed by atoms with Gasteiger partial charge in [0.1, 0.15) is 4.47 Å². The molecule has 4 nitrogen and oxygen atoms in total. The summed E-state index contributed by atoms with van der Waals surface area (Å²) in [5.74, 6) is -0.00581. The van der Waals surface area contributed by atoms with Crippen molar-refractivity contribution in [3.8, 4) is 11.3 Å². The Bertz CT molecular complexity index is 580. The van der Waals surface area contributed by atoms with Gasteiger partial charge in [-0.05, 0) is 35.0 Å². The van der Waals surface area contributed by atoms with Crippen LogP contribution in [-0.4, -0.2) is 17.7 Å². The Kier molecular flexibility index (Phi) is 4.19. The van der Waals surface area contributed by atoms with Gasteiger partial charge in [-0.2, -0.15) is 0 Å². The predicted octanol–water partition coefficient (Wildman–Crippen LogP) is 4.04. The number of benzene rings is 1. The van der Waals surface area contributed by atoms with Gasteiger partial charge >= 0.3 is 5.97 Å². The number of halogens is 2. The van der Waals surface area contributed by atoms with E-state index < -0.39 is 5.97 Å². The second-order valence-electron chi connectivity index (χ2n) is 3.41. The van der Waals surface area contributed by atoms with Crippen LogP contribution < -0.4 is 0 Å². The molecule has 0 saturated carbocycles. The maximum Gasteiger partial charge on any atom is 0.361 e. The van der Waals surface area contributed by atoms with E-state index in [9.17, 15) is 4.79 Å². The number of aromatic nitrogens is 1. The lowest BCUT2D eigenvalue weighted by Crippen LogP contribution is -2.05. The standard InChI is InChI=1S/C12H9Br2NO3/c1-2-17-12(16)10-9(14)11(18-15-10)7-4-3-5-8(13)6-7/h3-6H,2H2,1H3. The molecule has 0 N–H and O–H groups in total. The van der Waals surface area contributed by atoms with Crippen LogP contribution in [0.15, 0.2) is 37.7 Å². The third kappa shape index (κ3) is 2.64. The Morgan fingerprint density at radius 3 is 2.89 bits per heavy atom. The summed E-state index contributed by atoms with van der Waals surface area (Å²) in [6.45, 7) is 2.03. The number of ether oxygens (including phenoxy) is 1. The third-order valence-electron chi connectivity index (χ3n) is 2.19. The van der Waals surface area contributed by atoms with E-state index in [1.165, 1.54) is 0 Å². The summed E-state index contributed by atoms with van der Waals surface area (Å²) >= 11 is 6.69. The van der Waals surface area contributed by atoms with Crippen molar-refractivity contribution in [1.29, 1.82) is 0 Å². The molecule has 0 unspecified atom stereocenters. The Morgan fingerprint density at radius 2 is 2.22 bits per heavy atom. The highest BCUT2D eigenvalue weighted by atomic mass is 79.9. The molecule has 2 aromatic rings. The minimum absolute atomic E-state index is 0.145. The largest absolute Gasteiger partial charge is 0.461 e. The van der Waals surface area contributed by atoms with E-state index in [1.807, 2.05) is 24.3 Å². The molecule has 0 spiro atoms. The molecular formula is C12H9Br2NO3. The van der Waals surface area contributed by atoms with Crippen molar-refractivity contribution in [2.45, 2.75) is 6.92 Å². The second-order valence-corrected chi connectivity index (χ2v) is 5.11. The number of esters is 1. The van der Waals surface area contributed by atoms with Gasteiger partial charge in [0.15, 0.2) is 5.76 Å². The van der Waals surface area contributed by atoms with Gasteiger partial charge in [-0.25, -0.2) is 4.79 Å². The highest BCUT2D eigenvalue weighted by Crippen LogP contribution is 2.32. The fourth-order valence-electron chi connectivity index (χ4n) is 1.41. The lowest BCUT2D eigenvalue weighted by molar-refractivity contribution is 0.0513. The maximum absolute atomic E-state index is 11.6. The zero-order valence-corrected chi connectivity index (χ0v) is 12.6. The third-order valence-corrected chi connectivity index (χ3v) is 3.42. The van der Waals surface area contributed by atoms with Gasteiger partial charge in [-0.1, -0.05) is 33.2 Å². The second kappa shape index (κ2) is 5.67. The Morgan fingerprint density at radius 1 is 1.44 bits per heavy atom. The Labute approximate surface area is 121 Å². The van der Waals surface area contributed by atoms with Crippen LogP contribution in [0.3, 0.4) is 0 Å². The Balaban J connectivity index is 2.39. The van der Waals surface area contributed by atoms with Crippen molar-refractivity contribution in [3.05, 3.63) is 38.9 Å². The predicted molar refractivity (Wildman–Crippen MR) is 73.3 cm³/mol. The normalized spacial score (nSPS) is 10.4. The topological polar surface area (TPSA) is 52.3 Å². The molecule has 18 heavy (non-hydrogen) atoms. The van der Waals surface area contributed by atoms with E-state index in [1.54, 1.807) is 6.92 Å². The maximum atomic E-state index is 11.6. The molecule has 6 heteroatoms. The smallest absolute Gasteiger partial charge is 0.361 e. The number of carbonyl (C=O) groups excluding carboxylic acids is 1. The highest BCUT2D eigenvalue weighted by molar-refractivity contribution is 9.11. The van der Waals surface area contributed by atoms with Gasteiger partial charge in [0.2, 0.25) is 5.69 Å². The van der Waals surface area contributed by atoms with E-state index in [0.717, 1.165) is 10.0 Å². The van der Waals surface area contributed by atoms with Crippen LogP contribution in [-0.2, 0) is 4.74 Å². The van der Waals surface area contributed by atoms with E-state index in [4.69, 9.17) is 9.26 Å². The molecule has 0 saturated heterocycles. The van der Waals surface area contributed by atoms with Crippen LogP contribution >= 0.6 is 31.9 Å². The van der Waals surface area contributed by atoms with Crippen molar-refractivity contribution >= 4 is 37.8 Å². The van der Waals surface area contributed by atoms with Gasteiger partial charge in [-0.15, -0.1) is 0 Å². The number of nitrogens with zero attached hydrogens (tertiary/aromatic N) is 1. The summed E-state index contributed by atoms with van der Waals surface area (Å²) in [6, 6.07) is 7.52. The lowest BCUT2D eigenvalue weighted by atomic mass is 10.1. The molecule has 1 aromatic carbocycles. The highest BCUT2D eigenvalue weighted by Gasteiger charge is 2.22. The molecule has 0 aliphatic rings. The van der Waals surface area contributed by atoms with Crippen molar-refractivity contribution in [2.24, 2.45) is 0 Å². The van der Waals surface area contributed by atoms with Crippen LogP contribution in [0.4, 0.5) is 0 Å². The number of carbonyl (C=O) groups is 1. The fourth-order valence-corrected chi connectivity index (χ4v) is 2.35. The van der Waals surface area contributed by atoms with Gasteiger partial charge in [0, 0.05) is 10.0 Å². The van der Waals surface area contributed by atoms with Crippen LogP contribution in [0.5, 0.6) is 0 Å². The molecule has 0 aliphatic heterocycles. The summed E-state index contributed by atoms with van der Waals surface area (Å²) < 4.78 is 11.5. The van der Waals surface area contributed by atoms with Crippen LogP contribution in [0.2, 0.25) is 0 Å². The van der Waals surface area contributed by atoms with Gasteiger partial charge < -0.3 is 9.26 Å². The zero-order chi connectivity index (χ0) is 13.1. The van der Waals surface area contributed by atoms with E-state index in [0.29, 0.717) is 16.8 Å². The number of hydrogen-bond donors (Lipinski definition) is 0. The SMILES string of the molecule is CCOC(=O)c1noc(-c2cccc(Br)c2)c1Br. The van der Waals surface area contributed by atoms with E-state index in [-0.39, 0.29) is 5.69 Å². The first-order valence-electron chi connectivity index (χ1n) is 5.21. The molecule has 0 bridgehead atoms.